The van der Waals surface area contributed by atoms with Crippen molar-refractivity contribution in [2.75, 3.05) is 6.61 Å². The number of hydrogen-bond donors (Lipinski definition) is 0. The summed E-state index contributed by atoms with van der Waals surface area (Å²) in [5.74, 6) is 2.10. The van der Waals surface area contributed by atoms with Crippen LogP contribution < -0.4 is 4.74 Å². The van der Waals surface area contributed by atoms with Crippen molar-refractivity contribution in [2.45, 2.75) is 40.5 Å². The van der Waals surface area contributed by atoms with E-state index in [9.17, 15) is 4.79 Å². The standard InChI is InChI=1S/C16H24O2/c1-12(2)11-18-16-8-6-5-7-15(16)10-13(3)9-14(4)17/h5-8,12-13H,9-11H2,1-4H3. The van der Waals surface area contributed by atoms with Crippen LogP contribution in [0.4, 0.5) is 0 Å². The molecule has 2 heteroatoms. The summed E-state index contributed by atoms with van der Waals surface area (Å²) in [7, 11) is 0. The lowest BCUT2D eigenvalue weighted by molar-refractivity contribution is -0.117. The number of rotatable bonds is 7. The molecule has 1 atom stereocenters. The Kier molecular flexibility index (Phi) is 5.90. The average Bonchev–Trinajstić information content (AvgIpc) is 2.26. The van der Waals surface area contributed by atoms with E-state index in [0.29, 0.717) is 18.3 Å². The summed E-state index contributed by atoms with van der Waals surface area (Å²) >= 11 is 0. The van der Waals surface area contributed by atoms with Gasteiger partial charge in [0.25, 0.3) is 0 Å². The Morgan fingerprint density at radius 3 is 2.50 bits per heavy atom. The zero-order chi connectivity index (χ0) is 13.5. The highest BCUT2D eigenvalue weighted by molar-refractivity contribution is 5.75. The summed E-state index contributed by atoms with van der Waals surface area (Å²) in [6.45, 7) is 8.78. The van der Waals surface area contributed by atoms with Crippen LogP contribution in [-0.2, 0) is 11.2 Å². The third kappa shape index (κ3) is 5.35. The SMILES string of the molecule is CC(=O)CC(C)Cc1ccccc1OCC(C)C. The van der Waals surface area contributed by atoms with Gasteiger partial charge in [-0.2, -0.15) is 0 Å². The maximum absolute atomic E-state index is 11.1. The molecule has 0 aliphatic carbocycles. The molecule has 0 amide bonds. The highest BCUT2D eigenvalue weighted by atomic mass is 16.5. The molecule has 0 bridgehead atoms. The molecule has 100 valence electrons. The van der Waals surface area contributed by atoms with Crippen LogP contribution in [0.2, 0.25) is 0 Å². The molecule has 0 aliphatic heterocycles. The summed E-state index contributed by atoms with van der Waals surface area (Å²) in [6.07, 6.45) is 1.53. The first kappa shape index (κ1) is 14.7. The molecule has 0 fully saturated rings. The van der Waals surface area contributed by atoms with Gasteiger partial charge >= 0.3 is 0 Å². The van der Waals surface area contributed by atoms with E-state index in [1.54, 1.807) is 6.92 Å². The Morgan fingerprint density at radius 1 is 1.22 bits per heavy atom. The Hall–Kier alpha value is -1.31. The van der Waals surface area contributed by atoms with E-state index < -0.39 is 0 Å². The molecule has 2 nitrogen and oxygen atoms in total. The number of para-hydroxylation sites is 1. The fourth-order valence-electron chi connectivity index (χ4n) is 2.01. The van der Waals surface area contributed by atoms with Crippen molar-refractivity contribution in [1.82, 2.24) is 0 Å². The average molecular weight is 248 g/mol. The quantitative estimate of drug-likeness (QED) is 0.732. The predicted molar refractivity (Wildman–Crippen MR) is 74.9 cm³/mol. The van der Waals surface area contributed by atoms with Crippen LogP contribution in [0.3, 0.4) is 0 Å². The molecule has 0 saturated heterocycles. The van der Waals surface area contributed by atoms with Gasteiger partial charge in [0.1, 0.15) is 11.5 Å². The molecule has 0 spiro atoms. The minimum atomic E-state index is 0.253. The first-order valence-corrected chi connectivity index (χ1v) is 6.69. The predicted octanol–water partition coefficient (Wildman–Crippen LogP) is 3.88. The molecule has 0 saturated carbocycles. The molecule has 1 aromatic rings. The molecule has 18 heavy (non-hydrogen) atoms. The zero-order valence-corrected chi connectivity index (χ0v) is 11.9. The first-order valence-electron chi connectivity index (χ1n) is 6.69. The number of Topliss-reactive ketones (excluding diaryl/α,β-unsaturated/α-hetero) is 1. The van der Waals surface area contributed by atoms with Gasteiger partial charge in [-0.05, 0) is 36.8 Å². The smallest absolute Gasteiger partial charge is 0.130 e. The summed E-state index contributed by atoms with van der Waals surface area (Å²) < 4.78 is 5.82. The first-order chi connectivity index (χ1) is 8.49. The monoisotopic (exact) mass is 248 g/mol. The Balaban J connectivity index is 2.66. The molecule has 1 aromatic carbocycles. The van der Waals surface area contributed by atoms with Crippen molar-refractivity contribution in [1.29, 1.82) is 0 Å². The Labute approximate surface area is 110 Å². The molecule has 0 N–H and O–H groups in total. The highest BCUT2D eigenvalue weighted by Crippen LogP contribution is 2.23. The Bertz CT molecular complexity index is 382. The lowest BCUT2D eigenvalue weighted by Crippen LogP contribution is -2.09. The van der Waals surface area contributed by atoms with Gasteiger partial charge < -0.3 is 9.53 Å². The number of hydrogen-bond acceptors (Lipinski definition) is 2. The number of ketones is 1. The summed E-state index contributed by atoms with van der Waals surface area (Å²) in [6, 6.07) is 8.12. The molecule has 0 heterocycles. The van der Waals surface area contributed by atoms with Crippen LogP contribution in [0, 0.1) is 11.8 Å². The maximum Gasteiger partial charge on any atom is 0.130 e. The van der Waals surface area contributed by atoms with Gasteiger partial charge in [-0.3, -0.25) is 0 Å². The molecular weight excluding hydrogens is 224 g/mol. The third-order valence-corrected chi connectivity index (χ3v) is 2.75. The van der Waals surface area contributed by atoms with E-state index >= 15 is 0 Å². The largest absolute Gasteiger partial charge is 0.493 e. The molecular formula is C16H24O2. The Morgan fingerprint density at radius 2 is 1.89 bits per heavy atom. The number of carbonyl (C=O) groups excluding carboxylic acids is 1. The van der Waals surface area contributed by atoms with Crippen molar-refractivity contribution in [3.63, 3.8) is 0 Å². The van der Waals surface area contributed by atoms with E-state index in [4.69, 9.17) is 4.74 Å². The normalized spacial score (nSPS) is 12.5. The van der Waals surface area contributed by atoms with Crippen molar-refractivity contribution in [2.24, 2.45) is 11.8 Å². The lowest BCUT2D eigenvalue weighted by atomic mass is 9.96. The topological polar surface area (TPSA) is 26.3 Å². The van der Waals surface area contributed by atoms with E-state index in [1.807, 2.05) is 18.2 Å². The number of ether oxygens (including phenoxy) is 1. The maximum atomic E-state index is 11.1. The second-order valence-electron chi connectivity index (χ2n) is 5.53. The van der Waals surface area contributed by atoms with Crippen LogP contribution in [-0.4, -0.2) is 12.4 Å². The van der Waals surface area contributed by atoms with Gasteiger partial charge in [0.05, 0.1) is 6.61 Å². The van der Waals surface area contributed by atoms with Gasteiger partial charge in [-0.15, -0.1) is 0 Å². The number of benzene rings is 1. The van der Waals surface area contributed by atoms with Gasteiger partial charge in [-0.1, -0.05) is 39.0 Å². The fraction of sp³-hybridized carbons (Fsp3) is 0.562. The summed E-state index contributed by atoms with van der Waals surface area (Å²) in [4.78, 5) is 11.1. The van der Waals surface area contributed by atoms with Crippen LogP contribution in [0.5, 0.6) is 5.75 Å². The van der Waals surface area contributed by atoms with E-state index in [1.165, 1.54) is 5.56 Å². The van der Waals surface area contributed by atoms with Gasteiger partial charge in [0.2, 0.25) is 0 Å². The second kappa shape index (κ2) is 7.20. The van der Waals surface area contributed by atoms with Gasteiger partial charge in [0.15, 0.2) is 0 Å². The molecule has 0 aromatic heterocycles. The van der Waals surface area contributed by atoms with Crippen LogP contribution in [0.1, 0.15) is 39.7 Å². The third-order valence-electron chi connectivity index (χ3n) is 2.75. The molecule has 1 unspecified atom stereocenters. The minimum Gasteiger partial charge on any atom is -0.493 e. The molecule has 1 rings (SSSR count). The van der Waals surface area contributed by atoms with Gasteiger partial charge in [-0.25, -0.2) is 0 Å². The second-order valence-corrected chi connectivity index (χ2v) is 5.53. The molecule has 0 radical (unpaired) electrons. The lowest BCUT2D eigenvalue weighted by Gasteiger charge is -2.15. The molecule has 0 aliphatic rings. The van der Waals surface area contributed by atoms with Crippen molar-refractivity contribution in [3.05, 3.63) is 29.8 Å². The van der Waals surface area contributed by atoms with Crippen molar-refractivity contribution < 1.29 is 9.53 Å². The summed E-state index contributed by atoms with van der Waals surface area (Å²) in [5.41, 5.74) is 1.20. The van der Waals surface area contributed by atoms with Crippen LogP contribution in [0.25, 0.3) is 0 Å². The van der Waals surface area contributed by atoms with Crippen LogP contribution in [0.15, 0.2) is 24.3 Å². The van der Waals surface area contributed by atoms with Gasteiger partial charge in [0, 0.05) is 6.42 Å². The number of carbonyl (C=O) groups is 1. The van der Waals surface area contributed by atoms with Crippen LogP contribution >= 0.6 is 0 Å². The minimum absolute atomic E-state index is 0.253. The van der Waals surface area contributed by atoms with E-state index in [2.05, 4.69) is 26.8 Å². The summed E-state index contributed by atoms with van der Waals surface area (Å²) in [5, 5.41) is 0. The van der Waals surface area contributed by atoms with E-state index in [-0.39, 0.29) is 5.78 Å². The van der Waals surface area contributed by atoms with Crippen molar-refractivity contribution >= 4 is 5.78 Å². The highest BCUT2D eigenvalue weighted by Gasteiger charge is 2.10. The fourth-order valence-corrected chi connectivity index (χ4v) is 2.01. The van der Waals surface area contributed by atoms with Crippen molar-refractivity contribution in [3.8, 4) is 5.75 Å². The zero-order valence-electron chi connectivity index (χ0n) is 11.9. The van der Waals surface area contributed by atoms with E-state index in [0.717, 1.165) is 18.8 Å².